The van der Waals surface area contributed by atoms with Gasteiger partial charge in [-0.15, -0.1) is 11.3 Å². The molecule has 148 valence electrons. The van der Waals surface area contributed by atoms with E-state index in [9.17, 15) is 21.6 Å². The van der Waals surface area contributed by atoms with Crippen molar-refractivity contribution in [3.63, 3.8) is 0 Å². The number of benzene rings is 1. The lowest BCUT2D eigenvalue weighted by Crippen LogP contribution is -2.40. The van der Waals surface area contributed by atoms with E-state index < -0.39 is 28.3 Å². The molecular weight excluding hydrogens is 399 g/mol. The molecule has 2 aromatic rings. The molecule has 2 atom stereocenters. The van der Waals surface area contributed by atoms with E-state index in [1.807, 2.05) is 30.3 Å². The lowest BCUT2D eigenvalue weighted by atomic mass is 10.1. The molecule has 1 saturated heterocycles. The number of nitrogens with one attached hydrogen (secondary N) is 2. The Morgan fingerprint density at radius 2 is 1.89 bits per heavy atom. The minimum absolute atomic E-state index is 0.137. The number of alkyl halides is 3. The zero-order valence-corrected chi connectivity index (χ0v) is 16.4. The second kappa shape index (κ2) is 7.51. The first-order valence-electron chi connectivity index (χ1n) is 8.27. The summed E-state index contributed by atoms with van der Waals surface area (Å²) >= 11 is 1.20. The van der Waals surface area contributed by atoms with Gasteiger partial charge in [-0.25, -0.2) is 19.3 Å². The molecule has 1 aliphatic rings. The number of hydrogen-bond acceptors (Lipinski definition) is 5. The predicted octanol–water partition coefficient (Wildman–Crippen LogP) is 3.35. The molecule has 0 bridgehead atoms. The van der Waals surface area contributed by atoms with E-state index in [4.69, 9.17) is 0 Å². The van der Waals surface area contributed by atoms with Crippen LogP contribution in [0, 0.1) is 6.92 Å². The third-order valence-electron chi connectivity index (χ3n) is 4.47. The fourth-order valence-electron chi connectivity index (χ4n) is 2.97. The number of hydrogen-bond donors (Lipinski definition) is 2. The van der Waals surface area contributed by atoms with E-state index in [0.717, 1.165) is 5.56 Å². The SMILES string of the molecule is Cc1sc(C2CC(C(F)(F)F)NN2)cc1S(=O)(=O)N(C)Cc1ccccc1. The van der Waals surface area contributed by atoms with Gasteiger partial charge in [0.15, 0.2) is 0 Å². The fourth-order valence-corrected chi connectivity index (χ4v) is 5.76. The second-order valence-electron chi connectivity index (χ2n) is 6.49. The molecule has 1 aliphatic heterocycles. The van der Waals surface area contributed by atoms with Crippen LogP contribution in [0.1, 0.15) is 27.8 Å². The van der Waals surface area contributed by atoms with Crippen LogP contribution in [-0.4, -0.2) is 32.0 Å². The van der Waals surface area contributed by atoms with Crippen LogP contribution < -0.4 is 10.9 Å². The predicted molar refractivity (Wildman–Crippen MR) is 97.6 cm³/mol. The number of aryl methyl sites for hydroxylation is 1. The normalized spacial score (nSPS) is 21.1. The summed E-state index contributed by atoms with van der Waals surface area (Å²) in [5.74, 6) is 0. The highest BCUT2D eigenvalue weighted by molar-refractivity contribution is 7.89. The molecule has 0 amide bonds. The third-order valence-corrected chi connectivity index (χ3v) is 7.69. The van der Waals surface area contributed by atoms with Gasteiger partial charge in [0.2, 0.25) is 10.0 Å². The van der Waals surface area contributed by atoms with Crippen molar-refractivity contribution in [2.75, 3.05) is 7.05 Å². The average Bonchev–Trinajstić information content (AvgIpc) is 3.22. The van der Waals surface area contributed by atoms with Crippen LogP contribution in [0.5, 0.6) is 0 Å². The highest BCUT2D eigenvalue weighted by atomic mass is 32.2. The Labute approximate surface area is 160 Å². The Morgan fingerprint density at radius 1 is 1.22 bits per heavy atom. The third kappa shape index (κ3) is 4.35. The molecule has 5 nitrogen and oxygen atoms in total. The molecule has 2 unspecified atom stereocenters. The van der Waals surface area contributed by atoms with Crippen LogP contribution in [0.15, 0.2) is 41.3 Å². The Bertz CT molecular complexity index is 898. The van der Waals surface area contributed by atoms with E-state index >= 15 is 0 Å². The lowest BCUT2D eigenvalue weighted by Gasteiger charge is -2.17. The van der Waals surface area contributed by atoms with Gasteiger partial charge >= 0.3 is 6.18 Å². The number of rotatable bonds is 5. The number of nitrogens with zero attached hydrogens (tertiary/aromatic N) is 1. The van der Waals surface area contributed by atoms with Crippen LogP contribution in [0.3, 0.4) is 0 Å². The van der Waals surface area contributed by atoms with E-state index in [1.54, 1.807) is 6.92 Å². The Hall–Kier alpha value is -1.46. The van der Waals surface area contributed by atoms with Crippen LogP contribution >= 0.6 is 11.3 Å². The summed E-state index contributed by atoms with van der Waals surface area (Å²) in [4.78, 5) is 1.26. The molecule has 10 heteroatoms. The number of hydrazine groups is 1. The van der Waals surface area contributed by atoms with Crippen molar-refractivity contribution in [1.82, 2.24) is 15.2 Å². The summed E-state index contributed by atoms with van der Waals surface area (Å²) in [5.41, 5.74) is 5.72. The lowest BCUT2D eigenvalue weighted by molar-refractivity contribution is -0.153. The van der Waals surface area contributed by atoms with E-state index in [-0.39, 0.29) is 17.9 Å². The van der Waals surface area contributed by atoms with Crippen molar-refractivity contribution in [3.05, 3.63) is 51.7 Å². The molecule has 1 aromatic heterocycles. The molecule has 0 saturated carbocycles. The molecule has 0 radical (unpaired) electrons. The topological polar surface area (TPSA) is 61.4 Å². The van der Waals surface area contributed by atoms with Crippen molar-refractivity contribution in [3.8, 4) is 0 Å². The first-order chi connectivity index (χ1) is 12.6. The molecule has 0 aliphatic carbocycles. The maximum atomic E-state index is 12.9. The van der Waals surface area contributed by atoms with Gasteiger partial charge in [-0.2, -0.15) is 17.5 Å². The molecule has 2 N–H and O–H groups in total. The minimum Gasteiger partial charge on any atom is -0.249 e. The summed E-state index contributed by atoms with van der Waals surface area (Å²) in [6, 6.07) is 8.44. The molecule has 3 rings (SSSR count). The summed E-state index contributed by atoms with van der Waals surface area (Å²) in [5, 5.41) is 0. The van der Waals surface area contributed by atoms with Gasteiger partial charge in [-0.3, -0.25) is 0 Å². The van der Waals surface area contributed by atoms with Crippen LogP contribution in [-0.2, 0) is 16.6 Å². The Morgan fingerprint density at radius 3 is 2.48 bits per heavy atom. The molecule has 27 heavy (non-hydrogen) atoms. The van der Waals surface area contributed by atoms with Crippen molar-refractivity contribution < 1.29 is 21.6 Å². The number of halogens is 3. The van der Waals surface area contributed by atoms with Crippen molar-refractivity contribution in [1.29, 1.82) is 0 Å². The zero-order chi connectivity index (χ0) is 19.8. The Balaban J connectivity index is 1.79. The maximum absolute atomic E-state index is 12.9. The van der Waals surface area contributed by atoms with Gasteiger partial charge in [-0.1, -0.05) is 30.3 Å². The molecule has 1 fully saturated rings. The second-order valence-corrected chi connectivity index (χ2v) is 9.79. The highest BCUT2D eigenvalue weighted by Gasteiger charge is 2.45. The molecular formula is C17H20F3N3O2S2. The van der Waals surface area contributed by atoms with Gasteiger partial charge in [0.05, 0.1) is 10.9 Å². The fraction of sp³-hybridized carbons (Fsp3) is 0.412. The van der Waals surface area contributed by atoms with Crippen molar-refractivity contribution >= 4 is 21.4 Å². The van der Waals surface area contributed by atoms with E-state index in [2.05, 4.69) is 10.9 Å². The molecule has 1 aromatic carbocycles. The number of sulfonamides is 1. The zero-order valence-electron chi connectivity index (χ0n) is 14.7. The largest absolute Gasteiger partial charge is 0.405 e. The first kappa shape index (κ1) is 20.3. The van der Waals surface area contributed by atoms with Gasteiger partial charge in [0.1, 0.15) is 6.04 Å². The highest BCUT2D eigenvalue weighted by Crippen LogP contribution is 2.37. The van der Waals surface area contributed by atoms with Gasteiger partial charge < -0.3 is 0 Å². The Kier molecular flexibility index (Phi) is 5.64. The van der Waals surface area contributed by atoms with Crippen molar-refractivity contribution in [2.45, 2.75) is 43.0 Å². The minimum atomic E-state index is -4.35. The molecule has 2 heterocycles. The summed E-state index contributed by atoms with van der Waals surface area (Å²) in [6.07, 6.45) is -4.53. The summed E-state index contributed by atoms with van der Waals surface area (Å²) in [6.45, 7) is 1.88. The van der Waals surface area contributed by atoms with Gasteiger partial charge in [0, 0.05) is 23.3 Å². The smallest absolute Gasteiger partial charge is 0.249 e. The van der Waals surface area contributed by atoms with E-state index in [1.165, 1.54) is 28.8 Å². The van der Waals surface area contributed by atoms with Gasteiger partial charge in [0.25, 0.3) is 0 Å². The van der Waals surface area contributed by atoms with Crippen LogP contribution in [0.25, 0.3) is 0 Å². The summed E-state index contributed by atoms with van der Waals surface area (Å²) < 4.78 is 65.6. The van der Waals surface area contributed by atoms with Crippen LogP contribution in [0.2, 0.25) is 0 Å². The van der Waals surface area contributed by atoms with Crippen LogP contribution in [0.4, 0.5) is 13.2 Å². The standard InChI is InChI=1S/C17H20F3N3O2S2/c1-11-15(27(24,25)23(2)10-12-6-4-3-5-7-12)9-14(26-11)13-8-16(22-21-13)17(18,19)20/h3-7,9,13,16,21-22H,8,10H2,1-2H3. The van der Waals surface area contributed by atoms with Crippen molar-refractivity contribution in [2.24, 2.45) is 0 Å². The first-order valence-corrected chi connectivity index (χ1v) is 10.5. The average molecular weight is 419 g/mol. The molecule has 0 spiro atoms. The quantitative estimate of drug-likeness (QED) is 0.780. The van der Waals surface area contributed by atoms with E-state index in [0.29, 0.717) is 9.75 Å². The monoisotopic (exact) mass is 419 g/mol. The number of thiophene rings is 1. The maximum Gasteiger partial charge on any atom is 0.405 e. The summed E-state index contributed by atoms with van der Waals surface area (Å²) in [7, 11) is -2.25. The van der Waals surface area contributed by atoms with Gasteiger partial charge in [-0.05, 0) is 25.0 Å².